The Balaban J connectivity index is 2.58. The quantitative estimate of drug-likeness (QED) is 0.619. The summed E-state index contributed by atoms with van der Waals surface area (Å²) in [5.74, 6) is 0. The minimum absolute atomic E-state index is 0.0698. The van der Waals surface area contributed by atoms with Crippen molar-refractivity contribution in [2.24, 2.45) is 0 Å². The molecule has 2 rings (SSSR count). The van der Waals surface area contributed by atoms with Gasteiger partial charge in [0.05, 0.1) is 5.52 Å². The van der Waals surface area contributed by atoms with Crippen LogP contribution >= 0.6 is 0 Å². The number of benzene rings is 1. The van der Waals surface area contributed by atoms with E-state index in [9.17, 15) is 0 Å². The Bertz CT molecular complexity index is 497. The van der Waals surface area contributed by atoms with Crippen LogP contribution in [0.1, 0.15) is 18.5 Å². The van der Waals surface area contributed by atoms with E-state index in [2.05, 4.69) is 9.83 Å². The van der Waals surface area contributed by atoms with E-state index in [0.717, 1.165) is 16.5 Å². The van der Waals surface area contributed by atoms with Crippen LogP contribution in [-0.2, 0) is 0 Å². The third kappa shape index (κ3) is 1.45. The lowest BCUT2D eigenvalue weighted by atomic mass is 10.1. The zero-order valence-corrected chi connectivity index (χ0v) is 7.94. The van der Waals surface area contributed by atoms with Gasteiger partial charge < -0.3 is 4.85 Å². The Morgan fingerprint density at radius 1 is 1.36 bits per heavy atom. The summed E-state index contributed by atoms with van der Waals surface area (Å²) in [5, 5.41) is 1.10. The van der Waals surface area contributed by atoms with E-state index in [0.29, 0.717) is 0 Å². The SMILES string of the molecule is [C-]#[N+]C(C)c1ccc2ncccc2c1. The first-order valence-corrected chi connectivity index (χ1v) is 4.52. The van der Waals surface area contributed by atoms with E-state index in [4.69, 9.17) is 6.57 Å². The summed E-state index contributed by atoms with van der Waals surface area (Å²) in [6, 6.07) is 9.83. The molecule has 14 heavy (non-hydrogen) atoms. The zero-order valence-electron chi connectivity index (χ0n) is 7.94. The Hall–Kier alpha value is -1.88. The van der Waals surface area contributed by atoms with Gasteiger partial charge >= 0.3 is 0 Å². The number of hydrogen-bond acceptors (Lipinski definition) is 1. The molecule has 1 atom stereocenters. The fourth-order valence-corrected chi connectivity index (χ4v) is 1.43. The van der Waals surface area contributed by atoms with Crippen molar-refractivity contribution >= 4 is 10.9 Å². The topological polar surface area (TPSA) is 17.2 Å². The lowest BCUT2D eigenvalue weighted by molar-refractivity contribution is 0.964. The van der Waals surface area contributed by atoms with Gasteiger partial charge in [-0.25, -0.2) is 6.57 Å². The molecule has 0 radical (unpaired) electrons. The molecule has 0 saturated carbocycles. The van der Waals surface area contributed by atoms with Crippen molar-refractivity contribution in [3.63, 3.8) is 0 Å². The zero-order chi connectivity index (χ0) is 9.97. The molecule has 1 heterocycles. The molecule has 0 fully saturated rings. The smallest absolute Gasteiger partial charge is 0.246 e. The van der Waals surface area contributed by atoms with Gasteiger partial charge in [-0.15, -0.1) is 0 Å². The van der Waals surface area contributed by atoms with Crippen molar-refractivity contribution in [3.05, 3.63) is 53.5 Å². The van der Waals surface area contributed by atoms with E-state index in [1.54, 1.807) is 6.20 Å². The highest BCUT2D eigenvalue weighted by molar-refractivity contribution is 5.79. The number of aromatic nitrogens is 1. The largest absolute Gasteiger partial charge is 0.309 e. The van der Waals surface area contributed by atoms with Crippen LogP contribution in [0.4, 0.5) is 0 Å². The molecule has 0 N–H and O–H groups in total. The lowest BCUT2D eigenvalue weighted by Gasteiger charge is -2.01. The molecule has 0 saturated heterocycles. The maximum atomic E-state index is 6.96. The molecular weight excluding hydrogens is 172 g/mol. The Morgan fingerprint density at radius 3 is 3.00 bits per heavy atom. The molecule has 0 aliphatic heterocycles. The Morgan fingerprint density at radius 2 is 2.21 bits per heavy atom. The summed E-state index contributed by atoms with van der Waals surface area (Å²) in [6.45, 7) is 8.87. The summed E-state index contributed by atoms with van der Waals surface area (Å²) < 4.78 is 0. The highest BCUT2D eigenvalue weighted by Crippen LogP contribution is 2.20. The molecule has 0 aliphatic rings. The molecule has 2 heteroatoms. The van der Waals surface area contributed by atoms with Gasteiger partial charge in [0, 0.05) is 24.1 Å². The average Bonchev–Trinajstić information content (AvgIpc) is 2.27. The van der Waals surface area contributed by atoms with Crippen molar-refractivity contribution in [2.75, 3.05) is 0 Å². The minimum atomic E-state index is -0.0698. The minimum Gasteiger partial charge on any atom is -0.309 e. The second-order valence-corrected chi connectivity index (χ2v) is 3.26. The summed E-state index contributed by atoms with van der Waals surface area (Å²) in [4.78, 5) is 7.73. The van der Waals surface area contributed by atoms with Crippen LogP contribution in [0.5, 0.6) is 0 Å². The molecule has 1 aromatic carbocycles. The van der Waals surface area contributed by atoms with Gasteiger partial charge in [-0.3, -0.25) is 4.98 Å². The maximum Gasteiger partial charge on any atom is 0.246 e. The van der Waals surface area contributed by atoms with Crippen molar-refractivity contribution < 1.29 is 0 Å². The van der Waals surface area contributed by atoms with Crippen LogP contribution < -0.4 is 0 Å². The first-order chi connectivity index (χ1) is 6.81. The average molecular weight is 182 g/mol. The van der Waals surface area contributed by atoms with Gasteiger partial charge in [-0.05, 0) is 24.3 Å². The van der Waals surface area contributed by atoms with Gasteiger partial charge in [0.1, 0.15) is 0 Å². The summed E-state index contributed by atoms with van der Waals surface area (Å²) >= 11 is 0. The van der Waals surface area contributed by atoms with Crippen LogP contribution in [0.3, 0.4) is 0 Å². The van der Waals surface area contributed by atoms with E-state index in [-0.39, 0.29) is 6.04 Å². The third-order valence-electron chi connectivity index (χ3n) is 2.30. The molecular formula is C12H10N2. The maximum absolute atomic E-state index is 6.96. The third-order valence-corrected chi connectivity index (χ3v) is 2.30. The van der Waals surface area contributed by atoms with Crippen LogP contribution in [0, 0.1) is 6.57 Å². The number of nitrogens with zero attached hydrogens (tertiary/aromatic N) is 2. The molecule has 0 aliphatic carbocycles. The molecule has 2 nitrogen and oxygen atoms in total. The predicted molar refractivity (Wildman–Crippen MR) is 56.8 cm³/mol. The van der Waals surface area contributed by atoms with Crippen LogP contribution in [0.25, 0.3) is 15.7 Å². The number of fused-ring (bicyclic) bond motifs is 1. The monoisotopic (exact) mass is 182 g/mol. The van der Waals surface area contributed by atoms with Gasteiger partial charge in [0.2, 0.25) is 6.04 Å². The fraction of sp³-hybridized carbons (Fsp3) is 0.167. The molecule has 0 spiro atoms. The van der Waals surface area contributed by atoms with E-state index in [1.807, 2.05) is 37.3 Å². The molecule has 2 aromatic rings. The molecule has 0 amide bonds. The van der Waals surface area contributed by atoms with Crippen molar-refractivity contribution in [1.29, 1.82) is 0 Å². The van der Waals surface area contributed by atoms with Crippen LogP contribution in [-0.4, -0.2) is 4.98 Å². The standard InChI is InChI=1S/C12H10N2/c1-9(13-2)10-5-6-12-11(8-10)4-3-7-14-12/h3-9H,1H3. The van der Waals surface area contributed by atoms with Crippen molar-refractivity contribution in [1.82, 2.24) is 4.98 Å². The summed E-state index contributed by atoms with van der Waals surface area (Å²) in [6.07, 6.45) is 1.78. The van der Waals surface area contributed by atoms with E-state index < -0.39 is 0 Å². The van der Waals surface area contributed by atoms with Gasteiger partial charge in [-0.2, -0.15) is 0 Å². The van der Waals surface area contributed by atoms with E-state index in [1.165, 1.54) is 0 Å². The highest BCUT2D eigenvalue weighted by atomic mass is 14.7. The number of hydrogen-bond donors (Lipinski definition) is 0. The van der Waals surface area contributed by atoms with Crippen molar-refractivity contribution in [3.8, 4) is 0 Å². The van der Waals surface area contributed by atoms with Crippen molar-refractivity contribution in [2.45, 2.75) is 13.0 Å². The second-order valence-electron chi connectivity index (χ2n) is 3.26. The second kappa shape index (κ2) is 3.47. The highest BCUT2D eigenvalue weighted by Gasteiger charge is 2.08. The number of pyridine rings is 1. The summed E-state index contributed by atoms with van der Waals surface area (Å²) in [5.41, 5.74) is 2.04. The van der Waals surface area contributed by atoms with Gasteiger partial charge in [-0.1, -0.05) is 6.07 Å². The molecule has 1 aromatic heterocycles. The van der Waals surface area contributed by atoms with Crippen LogP contribution in [0.15, 0.2) is 36.5 Å². The first kappa shape index (κ1) is 8.71. The normalized spacial score (nSPS) is 12.3. The van der Waals surface area contributed by atoms with Crippen LogP contribution in [0.2, 0.25) is 0 Å². The molecule has 0 bridgehead atoms. The summed E-state index contributed by atoms with van der Waals surface area (Å²) in [7, 11) is 0. The Labute approximate surface area is 83.0 Å². The Kier molecular flexibility index (Phi) is 2.16. The fourth-order valence-electron chi connectivity index (χ4n) is 1.43. The molecule has 68 valence electrons. The lowest BCUT2D eigenvalue weighted by Crippen LogP contribution is -1.87. The predicted octanol–water partition coefficient (Wildman–Crippen LogP) is 3.22. The number of rotatable bonds is 1. The van der Waals surface area contributed by atoms with Gasteiger partial charge in [0.25, 0.3) is 0 Å². The van der Waals surface area contributed by atoms with E-state index >= 15 is 0 Å². The first-order valence-electron chi connectivity index (χ1n) is 4.52. The van der Waals surface area contributed by atoms with Gasteiger partial charge in [0.15, 0.2) is 0 Å². The molecule has 1 unspecified atom stereocenters.